The van der Waals surface area contributed by atoms with Crippen LogP contribution in [0.25, 0.3) is 0 Å². The zero-order valence-electron chi connectivity index (χ0n) is 11.5. The molecule has 1 amide bonds. The second kappa shape index (κ2) is 4.38. The molecule has 0 bridgehead atoms. The van der Waals surface area contributed by atoms with E-state index in [4.69, 9.17) is 0 Å². The Hall–Kier alpha value is -1.73. The minimum absolute atomic E-state index is 0.177. The van der Waals surface area contributed by atoms with Gasteiger partial charge in [-0.25, -0.2) is 4.21 Å². The molecule has 21 heavy (non-hydrogen) atoms. The van der Waals surface area contributed by atoms with Crippen molar-refractivity contribution in [3.05, 3.63) is 23.8 Å². The SMILES string of the molecule is CN1C(=O)c2cc(S(=O)O)ccc2N2C1=NC[C@H]2C1CC1. The van der Waals surface area contributed by atoms with Gasteiger partial charge in [0, 0.05) is 7.05 Å². The molecule has 0 spiro atoms. The van der Waals surface area contributed by atoms with E-state index in [1.807, 2.05) is 0 Å². The first-order chi connectivity index (χ1) is 10.1. The maximum Gasteiger partial charge on any atom is 0.262 e. The van der Waals surface area contributed by atoms with Gasteiger partial charge in [-0.05, 0) is 37.0 Å². The number of nitrogens with zero attached hydrogens (tertiary/aromatic N) is 3. The molecule has 0 radical (unpaired) electrons. The molecule has 0 aromatic heterocycles. The second-order valence-electron chi connectivity index (χ2n) is 5.71. The molecule has 1 fully saturated rings. The number of hydrogen-bond acceptors (Lipinski definition) is 4. The lowest BCUT2D eigenvalue weighted by molar-refractivity contribution is 0.0864. The maximum absolute atomic E-state index is 12.5. The Morgan fingerprint density at radius 3 is 2.81 bits per heavy atom. The number of anilines is 1. The number of carbonyl (C=O) groups excluding carboxylic acids is 1. The van der Waals surface area contributed by atoms with Crippen molar-refractivity contribution in [3.63, 3.8) is 0 Å². The summed E-state index contributed by atoms with van der Waals surface area (Å²) in [6, 6.07) is 5.19. The Kier molecular flexibility index (Phi) is 2.71. The van der Waals surface area contributed by atoms with Crippen LogP contribution in [0.15, 0.2) is 28.1 Å². The third-order valence-corrected chi connectivity index (χ3v) is 5.05. The van der Waals surface area contributed by atoms with E-state index < -0.39 is 11.1 Å². The van der Waals surface area contributed by atoms with Gasteiger partial charge < -0.3 is 9.45 Å². The van der Waals surface area contributed by atoms with E-state index in [2.05, 4.69) is 9.89 Å². The Bertz CT molecular complexity index is 699. The molecule has 1 aromatic rings. The van der Waals surface area contributed by atoms with E-state index in [1.54, 1.807) is 19.2 Å². The fraction of sp³-hybridized carbons (Fsp3) is 0.429. The number of guanidine groups is 1. The standard InChI is InChI=1S/C14H15N3O3S/c1-16-13(18)10-6-9(21(19)20)4-5-11(10)17-12(8-2-3-8)7-15-14(16)17/h4-6,8,12H,2-3,7H2,1H3,(H,19,20)/t12-/m0/s1. The highest BCUT2D eigenvalue weighted by atomic mass is 32.2. The van der Waals surface area contributed by atoms with Crippen LogP contribution < -0.4 is 4.90 Å². The number of aliphatic imine (C=N–C) groups is 1. The smallest absolute Gasteiger partial charge is 0.262 e. The van der Waals surface area contributed by atoms with Crippen LogP contribution in [0, 0.1) is 5.92 Å². The van der Waals surface area contributed by atoms with Crippen LogP contribution in [0.2, 0.25) is 0 Å². The predicted molar refractivity (Wildman–Crippen MR) is 78.9 cm³/mol. The topological polar surface area (TPSA) is 73.2 Å². The number of fused-ring (bicyclic) bond motifs is 3. The summed E-state index contributed by atoms with van der Waals surface area (Å²) in [6.45, 7) is 0.713. The zero-order valence-corrected chi connectivity index (χ0v) is 12.3. The average molecular weight is 305 g/mol. The van der Waals surface area contributed by atoms with E-state index in [-0.39, 0.29) is 10.8 Å². The molecule has 4 rings (SSSR count). The van der Waals surface area contributed by atoms with Gasteiger partial charge in [-0.1, -0.05) is 0 Å². The number of rotatable bonds is 2. The summed E-state index contributed by atoms with van der Waals surface area (Å²) in [5, 5.41) is 0. The molecule has 1 aromatic carbocycles. The lowest BCUT2D eigenvalue weighted by Crippen LogP contribution is -2.51. The molecule has 2 heterocycles. The predicted octanol–water partition coefficient (Wildman–Crippen LogP) is 1.31. The summed E-state index contributed by atoms with van der Waals surface area (Å²) in [5.41, 5.74) is 1.28. The molecule has 6 nitrogen and oxygen atoms in total. The highest BCUT2D eigenvalue weighted by molar-refractivity contribution is 7.79. The number of benzene rings is 1. The Morgan fingerprint density at radius 2 is 2.14 bits per heavy atom. The molecule has 1 aliphatic carbocycles. The van der Waals surface area contributed by atoms with Crippen molar-refractivity contribution in [1.82, 2.24) is 4.90 Å². The summed E-state index contributed by atoms with van der Waals surface area (Å²) in [7, 11) is 1.70. The van der Waals surface area contributed by atoms with E-state index in [9.17, 15) is 13.6 Å². The van der Waals surface area contributed by atoms with Gasteiger partial charge >= 0.3 is 0 Å². The van der Waals surface area contributed by atoms with Crippen molar-refractivity contribution in [2.75, 3.05) is 18.5 Å². The van der Waals surface area contributed by atoms with Crippen LogP contribution in [0.5, 0.6) is 0 Å². The van der Waals surface area contributed by atoms with Crippen molar-refractivity contribution < 1.29 is 13.6 Å². The third kappa shape index (κ3) is 1.84. The van der Waals surface area contributed by atoms with Gasteiger partial charge in [0.15, 0.2) is 11.1 Å². The molecule has 7 heteroatoms. The minimum atomic E-state index is -2.08. The van der Waals surface area contributed by atoms with Gasteiger partial charge in [-0.2, -0.15) is 0 Å². The third-order valence-electron chi connectivity index (χ3n) is 4.40. The fourth-order valence-corrected chi connectivity index (χ4v) is 3.56. The quantitative estimate of drug-likeness (QED) is 0.836. The summed E-state index contributed by atoms with van der Waals surface area (Å²) >= 11 is -2.08. The van der Waals surface area contributed by atoms with Gasteiger partial charge in [-0.15, -0.1) is 0 Å². The first kappa shape index (κ1) is 13.0. The molecule has 2 aliphatic heterocycles. The highest BCUT2D eigenvalue weighted by Crippen LogP contribution is 2.42. The van der Waals surface area contributed by atoms with E-state index >= 15 is 0 Å². The Balaban J connectivity index is 1.86. The lowest BCUT2D eigenvalue weighted by atomic mass is 10.0. The second-order valence-corrected chi connectivity index (χ2v) is 6.68. The Morgan fingerprint density at radius 1 is 1.38 bits per heavy atom. The fourth-order valence-electron chi connectivity index (χ4n) is 3.15. The summed E-state index contributed by atoms with van der Waals surface area (Å²) < 4.78 is 20.5. The van der Waals surface area contributed by atoms with Crippen LogP contribution in [-0.2, 0) is 11.1 Å². The van der Waals surface area contributed by atoms with Crippen LogP contribution in [0.4, 0.5) is 5.69 Å². The number of hydrogen-bond donors (Lipinski definition) is 1. The molecule has 1 unspecified atom stereocenters. The minimum Gasteiger partial charge on any atom is -0.306 e. The average Bonchev–Trinajstić information content (AvgIpc) is 3.23. The molecular formula is C14H15N3O3S. The monoisotopic (exact) mass is 305 g/mol. The van der Waals surface area contributed by atoms with Crippen molar-refractivity contribution in [3.8, 4) is 0 Å². The van der Waals surface area contributed by atoms with Crippen LogP contribution in [0.1, 0.15) is 23.2 Å². The van der Waals surface area contributed by atoms with Crippen molar-refractivity contribution in [2.24, 2.45) is 10.9 Å². The molecule has 110 valence electrons. The normalized spacial score (nSPS) is 25.5. The van der Waals surface area contributed by atoms with Gasteiger partial charge in [-0.3, -0.25) is 14.7 Å². The van der Waals surface area contributed by atoms with Crippen LogP contribution >= 0.6 is 0 Å². The molecular weight excluding hydrogens is 290 g/mol. The highest BCUT2D eigenvalue weighted by Gasteiger charge is 2.45. The van der Waals surface area contributed by atoms with Crippen molar-refractivity contribution in [2.45, 2.75) is 23.8 Å². The zero-order chi connectivity index (χ0) is 14.7. The molecule has 0 saturated heterocycles. The van der Waals surface area contributed by atoms with E-state index in [0.717, 1.165) is 5.69 Å². The van der Waals surface area contributed by atoms with Crippen LogP contribution in [-0.4, -0.2) is 45.2 Å². The van der Waals surface area contributed by atoms with E-state index in [0.29, 0.717) is 30.0 Å². The summed E-state index contributed by atoms with van der Waals surface area (Å²) in [5.74, 6) is 1.15. The van der Waals surface area contributed by atoms with Crippen molar-refractivity contribution >= 4 is 28.6 Å². The maximum atomic E-state index is 12.5. The largest absolute Gasteiger partial charge is 0.306 e. The summed E-state index contributed by atoms with van der Waals surface area (Å²) in [6.07, 6.45) is 2.41. The first-order valence-electron chi connectivity index (χ1n) is 6.94. The van der Waals surface area contributed by atoms with E-state index in [1.165, 1.54) is 23.8 Å². The Labute approximate surface area is 124 Å². The van der Waals surface area contributed by atoms with Gasteiger partial charge in [0.2, 0.25) is 5.96 Å². The first-order valence-corrected chi connectivity index (χ1v) is 8.05. The molecule has 2 atom stereocenters. The van der Waals surface area contributed by atoms with Gasteiger partial charge in [0.25, 0.3) is 5.91 Å². The molecule has 3 aliphatic rings. The van der Waals surface area contributed by atoms with Crippen LogP contribution in [0.3, 0.4) is 0 Å². The van der Waals surface area contributed by atoms with Crippen molar-refractivity contribution in [1.29, 1.82) is 0 Å². The molecule has 1 N–H and O–H groups in total. The number of amides is 1. The summed E-state index contributed by atoms with van der Waals surface area (Å²) in [4.78, 5) is 20.9. The van der Waals surface area contributed by atoms with Gasteiger partial charge in [0.1, 0.15) is 0 Å². The van der Waals surface area contributed by atoms with Gasteiger partial charge in [0.05, 0.1) is 28.7 Å². The number of carbonyl (C=O) groups is 1. The lowest BCUT2D eigenvalue weighted by Gasteiger charge is -2.37. The molecule has 1 saturated carbocycles.